The highest BCUT2D eigenvalue weighted by atomic mass is 35.5. The van der Waals surface area contributed by atoms with Gasteiger partial charge < -0.3 is 5.11 Å². The highest BCUT2D eigenvalue weighted by Crippen LogP contribution is 2.21. The standard InChI is InChI=1S/C15H13ClN4O2/c1-8(2)13-19-12-5-10(21)3-4-11(12)14(22)20(13)9-6-17-15(16)18-7-9/h3-8,21H,1-2H3. The van der Waals surface area contributed by atoms with Gasteiger partial charge in [0.25, 0.3) is 5.56 Å². The fraction of sp³-hybridized carbons (Fsp3) is 0.200. The van der Waals surface area contributed by atoms with Crippen molar-refractivity contribution in [2.75, 3.05) is 0 Å². The Morgan fingerprint density at radius 2 is 1.91 bits per heavy atom. The molecule has 6 nitrogen and oxygen atoms in total. The van der Waals surface area contributed by atoms with Crippen molar-refractivity contribution in [1.82, 2.24) is 19.5 Å². The van der Waals surface area contributed by atoms with E-state index < -0.39 is 0 Å². The monoisotopic (exact) mass is 316 g/mol. The number of halogens is 1. The quantitative estimate of drug-likeness (QED) is 0.735. The Hall–Kier alpha value is -2.47. The Morgan fingerprint density at radius 1 is 1.23 bits per heavy atom. The van der Waals surface area contributed by atoms with E-state index in [4.69, 9.17) is 11.6 Å². The van der Waals surface area contributed by atoms with Gasteiger partial charge in [-0.25, -0.2) is 15.0 Å². The zero-order chi connectivity index (χ0) is 15.9. The molecule has 0 bridgehead atoms. The summed E-state index contributed by atoms with van der Waals surface area (Å²) in [4.78, 5) is 25.1. The summed E-state index contributed by atoms with van der Waals surface area (Å²) in [6, 6.07) is 4.49. The van der Waals surface area contributed by atoms with Gasteiger partial charge in [-0.05, 0) is 23.7 Å². The summed E-state index contributed by atoms with van der Waals surface area (Å²) in [5, 5.41) is 10.1. The van der Waals surface area contributed by atoms with Crippen LogP contribution in [-0.4, -0.2) is 24.6 Å². The van der Waals surface area contributed by atoms with Crippen molar-refractivity contribution in [2.45, 2.75) is 19.8 Å². The Labute approximate surface area is 131 Å². The summed E-state index contributed by atoms with van der Waals surface area (Å²) in [5.41, 5.74) is 0.722. The topological polar surface area (TPSA) is 80.9 Å². The van der Waals surface area contributed by atoms with Crippen LogP contribution in [0, 0.1) is 0 Å². The highest BCUT2D eigenvalue weighted by Gasteiger charge is 2.16. The van der Waals surface area contributed by atoms with E-state index in [2.05, 4.69) is 15.0 Å². The summed E-state index contributed by atoms with van der Waals surface area (Å²) in [6.45, 7) is 3.87. The first-order chi connectivity index (χ1) is 10.5. The second-order valence-electron chi connectivity index (χ2n) is 5.18. The van der Waals surface area contributed by atoms with Crippen molar-refractivity contribution in [1.29, 1.82) is 0 Å². The van der Waals surface area contributed by atoms with Crippen molar-refractivity contribution in [2.24, 2.45) is 0 Å². The van der Waals surface area contributed by atoms with E-state index in [1.807, 2.05) is 13.8 Å². The third-order valence-electron chi connectivity index (χ3n) is 3.26. The van der Waals surface area contributed by atoms with Crippen molar-refractivity contribution in [3.63, 3.8) is 0 Å². The van der Waals surface area contributed by atoms with Gasteiger partial charge >= 0.3 is 0 Å². The van der Waals surface area contributed by atoms with Crippen molar-refractivity contribution in [3.8, 4) is 11.4 Å². The molecule has 0 fully saturated rings. The van der Waals surface area contributed by atoms with Gasteiger partial charge in [-0.15, -0.1) is 0 Å². The third kappa shape index (κ3) is 2.42. The van der Waals surface area contributed by atoms with Crippen molar-refractivity contribution < 1.29 is 5.11 Å². The van der Waals surface area contributed by atoms with Crippen LogP contribution in [0.15, 0.2) is 35.4 Å². The molecule has 2 heterocycles. The first-order valence-electron chi connectivity index (χ1n) is 6.71. The molecule has 0 saturated carbocycles. The lowest BCUT2D eigenvalue weighted by Crippen LogP contribution is -2.25. The average Bonchev–Trinajstić information content (AvgIpc) is 2.48. The summed E-state index contributed by atoms with van der Waals surface area (Å²) >= 11 is 5.70. The number of benzene rings is 1. The molecule has 0 unspecified atom stereocenters. The number of phenolic OH excluding ortho intramolecular Hbond substituents is 1. The molecule has 3 aromatic rings. The minimum Gasteiger partial charge on any atom is -0.508 e. The second-order valence-corrected chi connectivity index (χ2v) is 5.52. The first-order valence-corrected chi connectivity index (χ1v) is 7.09. The van der Waals surface area contributed by atoms with Gasteiger partial charge in [0.05, 0.1) is 29.0 Å². The molecule has 0 atom stereocenters. The zero-order valence-electron chi connectivity index (χ0n) is 12.0. The molecule has 1 N–H and O–H groups in total. The molecule has 0 spiro atoms. The number of aromatic hydroxyl groups is 1. The van der Waals surface area contributed by atoms with Crippen LogP contribution in [0.3, 0.4) is 0 Å². The van der Waals surface area contributed by atoms with E-state index in [-0.39, 0.29) is 22.5 Å². The van der Waals surface area contributed by atoms with E-state index in [0.29, 0.717) is 22.4 Å². The highest BCUT2D eigenvalue weighted by molar-refractivity contribution is 6.28. The van der Waals surface area contributed by atoms with Gasteiger partial charge in [-0.3, -0.25) is 9.36 Å². The van der Waals surface area contributed by atoms with Gasteiger partial charge in [0.2, 0.25) is 5.28 Å². The summed E-state index contributed by atoms with van der Waals surface area (Å²) in [7, 11) is 0. The predicted molar refractivity (Wildman–Crippen MR) is 83.7 cm³/mol. The summed E-state index contributed by atoms with van der Waals surface area (Å²) in [6.07, 6.45) is 2.97. The van der Waals surface area contributed by atoms with Crippen LogP contribution in [0.1, 0.15) is 25.6 Å². The number of aromatic nitrogens is 4. The molecular formula is C15H13ClN4O2. The van der Waals surface area contributed by atoms with Crippen molar-refractivity contribution in [3.05, 3.63) is 52.1 Å². The van der Waals surface area contributed by atoms with Crippen LogP contribution in [0.4, 0.5) is 0 Å². The summed E-state index contributed by atoms with van der Waals surface area (Å²) in [5.74, 6) is 0.630. The minimum absolute atomic E-state index is 0.00451. The number of nitrogens with zero attached hydrogens (tertiary/aromatic N) is 4. The van der Waals surface area contributed by atoms with E-state index >= 15 is 0 Å². The third-order valence-corrected chi connectivity index (χ3v) is 3.46. The van der Waals surface area contributed by atoms with Gasteiger partial charge in [0.15, 0.2) is 0 Å². The molecular weight excluding hydrogens is 304 g/mol. The van der Waals surface area contributed by atoms with Crippen molar-refractivity contribution >= 4 is 22.5 Å². The lowest BCUT2D eigenvalue weighted by atomic mass is 10.1. The molecule has 2 aromatic heterocycles. The molecule has 0 aliphatic carbocycles. The molecule has 7 heteroatoms. The molecule has 1 aromatic carbocycles. The van der Waals surface area contributed by atoms with Crippen LogP contribution in [-0.2, 0) is 0 Å². The molecule has 3 rings (SSSR count). The van der Waals surface area contributed by atoms with E-state index in [1.54, 1.807) is 6.07 Å². The van der Waals surface area contributed by atoms with Crippen LogP contribution >= 0.6 is 11.6 Å². The van der Waals surface area contributed by atoms with Gasteiger partial charge in [-0.2, -0.15) is 0 Å². The lowest BCUT2D eigenvalue weighted by Gasteiger charge is -2.15. The number of phenols is 1. The van der Waals surface area contributed by atoms with Crippen LogP contribution < -0.4 is 5.56 Å². The first kappa shape index (κ1) is 14.5. The van der Waals surface area contributed by atoms with E-state index in [9.17, 15) is 9.90 Å². The normalized spacial score (nSPS) is 11.3. The Balaban J connectivity index is 2.39. The van der Waals surface area contributed by atoms with Crippen LogP contribution in [0.5, 0.6) is 5.75 Å². The maximum Gasteiger partial charge on any atom is 0.266 e. The number of fused-ring (bicyclic) bond motifs is 1. The SMILES string of the molecule is CC(C)c1nc2cc(O)ccc2c(=O)n1-c1cnc(Cl)nc1. The largest absolute Gasteiger partial charge is 0.508 e. The zero-order valence-corrected chi connectivity index (χ0v) is 12.7. The molecule has 0 radical (unpaired) electrons. The predicted octanol–water partition coefficient (Wildman–Crippen LogP) is 2.66. The van der Waals surface area contributed by atoms with Gasteiger partial charge in [0.1, 0.15) is 11.6 Å². The fourth-order valence-corrected chi connectivity index (χ4v) is 2.35. The molecule has 0 aliphatic rings. The molecule has 22 heavy (non-hydrogen) atoms. The molecule has 112 valence electrons. The smallest absolute Gasteiger partial charge is 0.266 e. The number of hydrogen-bond acceptors (Lipinski definition) is 5. The lowest BCUT2D eigenvalue weighted by molar-refractivity contribution is 0.476. The van der Waals surface area contributed by atoms with E-state index in [0.717, 1.165) is 0 Å². The second kappa shape index (κ2) is 5.38. The van der Waals surface area contributed by atoms with E-state index in [1.165, 1.54) is 29.1 Å². The maximum atomic E-state index is 12.8. The Morgan fingerprint density at radius 3 is 2.55 bits per heavy atom. The Bertz CT molecular complexity index is 904. The summed E-state index contributed by atoms with van der Waals surface area (Å²) < 4.78 is 1.47. The minimum atomic E-state index is -0.236. The average molecular weight is 317 g/mol. The molecule has 0 saturated heterocycles. The fourth-order valence-electron chi connectivity index (χ4n) is 2.25. The number of hydrogen-bond donors (Lipinski definition) is 1. The number of rotatable bonds is 2. The van der Waals surface area contributed by atoms with Crippen LogP contribution in [0.2, 0.25) is 5.28 Å². The molecule has 0 aliphatic heterocycles. The Kier molecular flexibility index (Phi) is 3.54. The van der Waals surface area contributed by atoms with Gasteiger partial charge in [-0.1, -0.05) is 13.8 Å². The van der Waals surface area contributed by atoms with Crippen LogP contribution in [0.25, 0.3) is 16.6 Å². The molecule has 0 amide bonds. The maximum absolute atomic E-state index is 12.8. The van der Waals surface area contributed by atoms with Gasteiger partial charge in [0, 0.05) is 12.0 Å².